The molecule has 4 N–H and O–H groups in total. The van der Waals surface area contributed by atoms with Gasteiger partial charge in [-0.2, -0.15) is 0 Å². The van der Waals surface area contributed by atoms with Gasteiger partial charge in [0.1, 0.15) is 0 Å². The van der Waals surface area contributed by atoms with Gasteiger partial charge in [-0.05, 0) is 90.7 Å². The van der Waals surface area contributed by atoms with E-state index in [1.165, 1.54) is 6.21 Å². The number of amides is 1. The Kier molecular flexibility index (Phi) is 8.95. The maximum atomic E-state index is 13.4. The molecule has 36 heavy (non-hydrogen) atoms. The highest BCUT2D eigenvalue weighted by Gasteiger charge is 2.30. The van der Waals surface area contributed by atoms with Gasteiger partial charge in [0.2, 0.25) is 0 Å². The number of pyridine rings is 1. The maximum Gasteiger partial charge on any atom is 0.253 e. The van der Waals surface area contributed by atoms with Crippen molar-refractivity contribution in [3.8, 4) is 0 Å². The number of aromatic amines is 1. The molecule has 0 unspecified atom stereocenters. The number of aromatic nitrogens is 1. The second kappa shape index (κ2) is 11.7. The maximum absolute atomic E-state index is 13.4. The van der Waals surface area contributed by atoms with Crippen LogP contribution in [0.4, 0.5) is 11.4 Å². The third kappa shape index (κ3) is 5.64. The Morgan fingerprint density at radius 3 is 2.31 bits per heavy atom. The van der Waals surface area contributed by atoms with Gasteiger partial charge >= 0.3 is 0 Å². The molecule has 1 aliphatic rings. The van der Waals surface area contributed by atoms with Crippen molar-refractivity contribution in [2.24, 2.45) is 0 Å². The Hall–Kier alpha value is -3.13. The van der Waals surface area contributed by atoms with Crippen LogP contribution in [0, 0.1) is 26.2 Å². The Bertz CT molecular complexity index is 1160. The molecule has 0 radical (unpaired) electrons. The minimum Gasteiger partial charge on any atom is -0.388 e. The third-order valence-electron chi connectivity index (χ3n) is 7.64. The molecule has 1 fully saturated rings. The van der Waals surface area contributed by atoms with E-state index in [9.17, 15) is 9.59 Å². The zero-order valence-corrected chi connectivity index (χ0v) is 22.8. The first kappa shape index (κ1) is 27.5. The Morgan fingerprint density at radius 1 is 1.14 bits per heavy atom. The van der Waals surface area contributed by atoms with Crippen LogP contribution in [-0.2, 0) is 6.54 Å². The van der Waals surface area contributed by atoms with Gasteiger partial charge < -0.3 is 30.8 Å². The molecule has 196 valence electrons. The zero-order chi connectivity index (χ0) is 26.6. The number of carbonyl (C=O) groups excluding carboxylic acids is 1. The first-order chi connectivity index (χ1) is 17.1. The average molecular weight is 495 g/mol. The molecule has 1 aromatic carbocycles. The number of hydrogen-bond donors (Lipinski definition) is 4. The van der Waals surface area contributed by atoms with E-state index >= 15 is 0 Å². The van der Waals surface area contributed by atoms with Crippen molar-refractivity contribution >= 4 is 23.5 Å². The number of rotatable bonds is 9. The zero-order valence-electron chi connectivity index (χ0n) is 22.8. The normalized spacial score (nSPS) is 17.7. The molecule has 0 saturated heterocycles. The van der Waals surface area contributed by atoms with E-state index in [2.05, 4.69) is 46.4 Å². The molecule has 0 atom stereocenters. The summed E-state index contributed by atoms with van der Waals surface area (Å²) in [5.41, 5.74) is 5.95. The highest BCUT2D eigenvalue weighted by Crippen LogP contribution is 2.37. The summed E-state index contributed by atoms with van der Waals surface area (Å²) >= 11 is 0. The van der Waals surface area contributed by atoms with Crippen molar-refractivity contribution in [1.29, 1.82) is 5.41 Å². The molecule has 1 heterocycles. The van der Waals surface area contributed by atoms with E-state index in [0.29, 0.717) is 23.2 Å². The summed E-state index contributed by atoms with van der Waals surface area (Å²) in [5, 5.41) is 14.3. The topological polar surface area (TPSA) is 104 Å². The Morgan fingerprint density at radius 2 is 1.78 bits per heavy atom. The molecule has 1 amide bonds. The van der Waals surface area contributed by atoms with Gasteiger partial charge in [0.15, 0.2) is 0 Å². The molecule has 1 aromatic heterocycles. The second-order valence-corrected chi connectivity index (χ2v) is 10.1. The van der Waals surface area contributed by atoms with Gasteiger partial charge in [0, 0.05) is 66.5 Å². The van der Waals surface area contributed by atoms with Crippen molar-refractivity contribution in [2.75, 3.05) is 37.9 Å². The van der Waals surface area contributed by atoms with E-state index < -0.39 is 0 Å². The van der Waals surface area contributed by atoms with E-state index in [1.54, 1.807) is 0 Å². The molecule has 1 saturated carbocycles. The van der Waals surface area contributed by atoms with Gasteiger partial charge in [-0.25, -0.2) is 0 Å². The van der Waals surface area contributed by atoms with Crippen molar-refractivity contribution in [3.63, 3.8) is 0 Å². The molecule has 2 aromatic rings. The van der Waals surface area contributed by atoms with E-state index in [1.807, 2.05) is 40.0 Å². The van der Waals surface area contributed by atoms with Crippen LogP contribution in [-0.4, -0.2) is 61.8 Å². The monoisotopic (exact) mass is 494 g/mol. The standard InChI is InChI=1S/C28H42N6O2/c1-8-34(21-11-9-20(10-12-21)33(6)7)26-19(4)22(14-25(30-5)23(26)15-29)27(35)31-16-24-17(2)13-18(3)32-28(24)36/h13-15,20-21,29-30H,8-12,16H2,1-7H3,(H,31,35)(H,32,36). The first-order valence-electron chi connectivity index (χ1n) is 12.9. The average Bonchev–Trinajstić information content (AvgIpc) is 2.84. The lowest BCUT2D eigenvalue weighted by molar-refractivity contribution is 0.0950. The van der Waals surface area contributed by atoms with Crippen LogP contribution in [0.5, 0.6) is 0 Å². The number of hydrogen-bond acceptors (Lipinski definition) is 6. The molecule has 0 bridgehead atoms. The number of H-pyrrole nitrogens is 1. The molecule has 0 spiro atoms. The highest BCUT2D eigenvalue weighted by molar-refractivity contribution is 6.03. The SMILES string of the molecule is CCN(c1c(C)c(C(=O)NCc2c(C)cc(C)[nH]c2=O)cc(NC)c1C=N)C1CCC(N(C)C)CC1. The minimum absolute atomic E-state index is 0.155. The summed E-state index contributed by atoms with van der Waals surface area (Å²) in [6.45, 7) is 8.79. The molecule has 0 aliphatic heterocycles. The number of nitrogens with zero attached hydrogens (tertiary/aromatic N) is 2. The van der Waals surface area contributed by atoms with Crippen LogP contribution in [0.3, 0.4) is 0 Å². The Balaban J connectivity index is 1.96. The van der Waals surface area contributed by atoms with Crippen LogP contribution >= 0.6 is 0 Å². The summed E-state index contributed by atoms with van der Waals surface area (Å²) in [6, 6.07) is 4.69. The fourth-order valence-electron chi connectivity index (χ4n) is 5.60. The lowest BCUT2D eigenvalue weighted by atomic mass is 9.88. The molecular weight excluding hydrogens is 452 g/mol. The van der Waals surface area contributed by atoms with Gasteiger partial charge in [0.25, 0.3) is 11.5 Å². The quantitative estimate of drug-likeness (QED) is 0.395. The lowest BCUT2D eigenvalue weighted by Gasteiger charge is -2.41. The Labute approximate surface area is 215 Å². The van der Waals surface area contributed by atoms with Crippen LogP contribution < -0.4 is 21.1 Å². The van der Waals surface area contributed by atoms with Crippen LogP contribution in [0.1, 0.15) is 70.9 Å². The molecule has 1 aliphatic carbocycles. The van der Waals surface area contributed by atoms with Crippen LogP contribution in [0.25, 0.3) is 0 Å². The minimum atomic E-state index is -0.228. The van der Waals surface area contributed by atoms with Gasteiger partial charge in [0.05, 0.1) is 5.69 Å². The van der Waals surface area contributed by atoms with Crippen LogP contribution in [0.15, 0.2) is 16.9 Å². The summed E-state index contributed by atoms with van der Waals surface area (Å²) in [5.74, 6) is -0.228. The smallest absolute Gasteiger partial charge is 0.253 e. The number of aryl methyl sites for hydroxylation is 2. The molecular formula is C28H42N6O2. The highest BCUT2D eigenvalue weighted by atomic mass is 16.1. The van der Waals surface area contributed by atoms with Crippen molar-refractivity contribution in [1.82, 2.24) is 15.2 Å². The molecule has 8 heteroatoms. The van der Waals surface area contributed by atoms with Crippen molar-refractivity contribution < 1.29 is 4.79 Å². The summed E-state index contributed by atoms with van der Waals surface area (Å²) < 4.78 is 0. The van der Waals surface area contributed by atoms with Crippen molar-refractivity contribution in [2.45, 2.75) is 72.0 Å². The largest absolute Gasteiger partial charge is 0.388 e. The van der Waals surface area contributed by atoms with E-state index in [4.69, 9.17) is 5.41 Å². The first-order valence-corrected chi connectivity index (χ1v) is 12.9. The lowest BCUT2D eigenvalue weighted by Crippen LogP contribution is -2.43. The number of carbonyl (C=O) groups is 1. The number of anilines is 2. The third-order valence-corrected chi connectivity index (χ3v) is 7.64. The van der Waals surface area contributed by atoms with Gasteiger partial charge in [-0.15, -0.1) is 0 Å². The summed E-state index contributed by atoms with van der Waals surface area (Å²) in [7, 11) is 6.11. The van der Waals surface area contributed by atoms with Crippen LogP contribution in [0.2, 0.25) is 0 Å². The molecule has 3 rings (SSSR count). The summed E-state index contributed by atoms with van der Waals surface area (Å²) in [6.07, 6.45) is 5.81. The van der Waals surface area contributed by atoms with Gasteiger partial charge in [-0.1, -0.05) is 0 Å². The fourth-order valence-corrected chi connectivity index (χ4v) is 5.60. The summed E-state index contributed by atoms with van der Waals surface area (Å²) in [4.78, 5) is 33.4. The number of nitrogens with one attached hydrogen (secondary N) is 4. The van der Waals surface area contributed by atoms with E-state index in [0.717, 1.165) is 66.0 Å². The van der Waals surface area contributed by atoms with Gasteiger partial charge in [-0.3, -0.25) is 9.59 Å². The second-order valence-electron chi connectivity index (χ2n) is 10.1. The van der Waals surface area contributed by atoms with Crippen molar-refractivity contribution in [3.05, 3.63) is 56.0 Å². The number of benzene rings is 1. The molecule has 8 nitrogen and oxygen atoms in total. The predicted octanol–water partition coefficient (Wildman–Crippen LogP) is 3.97. The van der Waals surface area contributed by atoms with E-state index in [-0.39, 0.29) is 18.0 Å². The predicted molar refractivity (Wildman–Crippen MR) is 149 cm³/mol. The fraction of sp³-hybridized carbons (Fsp3) is 0.536.